The molecule has 1 heterocycles. The van der Waals surface area contributed by atoms with Crippen LogP contribution >= 0.6 is 11.3 Å². The Labute approximate surface area is 139 Å². The van der Waals surface area contributed by atoms with Gasteiger partial charge in [-0.3, -0.25) is 4.79 Å². The lowest BCUT2D eigenvalue weighted by Gasteiger charge is -2.06. The van der Waals surface area contributed by atoms with Crippen LogP contribution in [0, 0.1) is 19.8 Å². The number of thiophene rings is 1. The number of anilines is 1. The molecule has 1 saturated carbocycles. The van der Waals surface area contributed by atoms with Crippen LogP contribution in [0.4, 0.5) is 5.00 Å². The summed E-state index contributed by atoms with van der Waals surface area (Å²) in [5, 5.41) is 3.52. The molecule has 1 amide bonds. The van der Waals surface area contributed by atoms with Crippen molar-refractivity contribution in [2.45, 2.75) is 26.2 Å². The van der Waals surface area contributed by atoms with E-state index in [1.54, 1.807) is 0 Å². The molecule has 2 aromatic rings. The molecule has 0 unspecified atom stereocenters. The summed E-state index contributed by atoms with van der Waals surface area (Å²) in [7, 11) is 1.35. The van der Waals surface area contributed by atoms with Crippen LogP contribution in [0.5, 0.6) is 0 Å². The van der Waals surface area contributed by atoms with E-state index in [0.29, 0.717) is 10.6 Å². The Kier molecular flexibility index (Phi) is 4.22. The van der Waals surface area contributed by atoms with Crippen molar-refractivity contribution < 1.29 is 14.3 Å². The Bertz CT molecular complexity index is 751. The van der Waals surface area contributed by atoms with Gasteiger partial charge in [-0.1, -0.05) is 30.3 Å². The second kappa shape index (κ2) is 6.16. The van der Waals surface area contributed by atoms with Crippen molar-refractivity contribution >= 4 is 28.2 Å². The van der Waals surface area contributed by atoms with Crippen LogP contribution in [0.25, 0.3) is 0 Å². The fourth-order valence-electron chi connectivity index (χ4n) is 2.82. The van der Waals surface area contributed by atoms with E-state index in [1.807, 2.05) is 32.0 Å². The minimum atomic E-state index is -0.405. The first-order chi connectivity index (χ1) is 11.0. The Morgan fingerprint density at radius 3 is 2.57 bits per heavy atom. The highest BCUT2D eigenvalue weighted by atomic mass is 32.1. The first kappa shape index (κ1) is 15.7. The number of ether oxygens (including phenoxy) is 1. The minimum absolute atomic E-state index is 0.0226. The molecule has 1 aliphatic carbocycles. The standard InChI is InChI=1S/C18H19NO3S/c1-10-11(2)23-17(15(10)18(21)22-3)19-16(20)14-9-13(14)12-7-5-4-6-8-12/h4-8,13-14H,9H2,1-3H3,(H,19,20)/t13-,14+/m1/s1. The first-order valence-electron chi connectivity index (χ1n) is 7.57. The van der Waals surface area contributed by atoms with E-state index in [2.05, 4.69) is 17.4 Å². The quantitative estimate of drug-likeness (QED) is 0.866. The second-order valence-electron chi connectivity index (χ2n) is 5.83. The predicted octanol–water partition coefficient (Wildman–Crippen LogP) is 3.89. The van der Waals surface area contributed by atoms with Crippen molar-refractivity contribution in [3.63, 3.8) is 0 Å². The molecule has 120 valence electrons. The van der Waals surface area contributed by atoms with Crippen molar-refractivity contribution in [2.75, 3.05) is 12.4 Å². The summed E-state index contributed by atoms with van der Waals surface area (Å²) < 4.78 is 4.84. The number of nitrogens with one attached hydrogen (secondary N) is 1. The molecule has 0 aliphatic heterocycles. The number of carbonyl (C=O) groups excluding carboxylic acids is 2. The number of rotatable bonds is 4. The van der Waals surface area contributed by atoms with Gasteiger partial charge in [-0.15, -0.1) is 11.3 Å². The van der Waals surface area contributed by atoms with Gasteiger partial charge in [0.05, 0.1) is 12.7 Å². The SMILES string of the molecule is COC(=O)c1c(NC(=O)[C@H]2C[C@@H]2c2ccccc2)sc(C)c1C. The average molecular weight is 329 g/mol. The highest BCUT2D eigenvalue weighted by molar-refractivity contribution is 7.16. The summed E-state index contributed by atoms with van der Waals surface area (Å²) in [5.74, 6) is -0.173. The third kappa shape index (κ3) is 3.01. The molecule has 3 rings (SSSR count). The normalized spacial score (nSPS) is 19.3. The molecule has 0 bridgehead atoms. The number of benzene rings is 1. The van der Waals surface area contributed by atoms with Crippen LogP contribution in [0.1, 0.15) is 38.7 Å². The molecule has 1 aromatic carbocycles. The Hall–Kier alpha value is -2.14. The minimum Gasteiger partial charge on any atom is -0.465 e. The van der Waals surface area contributed by atoms with Gasteiger partial charge < -0.3 is 10.1 Å². The smallest absolute Gasteiger partial charge is 0.341 e. The summed E-state index contributed by atoms with van der Waals surface area (Å²) in [6.45, 7) is 3.81. The fourth-order valence-corrected chi connectivity index (χ4v) is 3.87. The van der Waals surface area contributed by atoms with Crippen molar-refractivity contribution in [3.05, 3.63) is 51.9 Å². The van der Waals surface area contributed by atoms with Gasteiger partial charge in [-0.2, -0.15) is 0 Å². The molecule has 0 spiro atoms. The monoisotopic (exact) mass is 329 g/mol. The number of amides is 1. The van der Waals surface area contributed by atoms with E-state index >= 15 is 0 Å². The van der Waals surface area contributed by atoms with Crippen LogP contribution in [-0.4, -0.2) is 19.0 Å². The van der Waals surface area contributed by atoms with Crippen molar-refractivity contribution in [1.29, 1.82) is 0 Å². The van der Waals surface area contributed by atoms with Gasteiger partial charge in [0.2, 0.25) is 5.91 Å². The molecule has 0 saturated heterocycles. The zero-order valence-corrected chi connectivity index (χ0v) is 14.2. The summed E-state index contributed by atoms with van der Waals surface area (Å²) in [4.78, 5) is 25.5. The van der Waals surface area contributed by atoms with Gasteiger partial charge in [0.1, 0.15) is 5.00 Å². The van der Waals surface area contributed by atoms with Crippen LogP contribution in [0.15, 0.2) is 30.3 Å². The number of aryl methyl sites for hydroxylation is 1. The van der Waals surface area contributed by atoms with Gasteiger partial charge in [0.15, 0.2) is 0 Å². The first-order valence-corrected chi connectivity index (χ1v) is 8.38. The van der Waals surface area contributed by atoms with Crippen LogP contribution in [0.2, 0.25) is 0 Å². The van der Waals surface area contributed by atoms with E-state index in [0.717, 1.165) is 16.9 Å². The molecule has 4 nitrogen and oxygen atoms in total. The number of methoxy groups -OCH3 is 1. The Morgan fingerprint density at radius 2 is 1.91 bits per heavy atom. The highest BCUT2D eigenvalue weighted by Crippen LogP contribution is 2.48. The van der Waals surface area contributed by atoms with Crippen molar-refractivity contribution in [2.24, 2.45) is 5.92 Å². The van der Waals surface area contributed by atoms with Gasteiger partial charge in [0.25, 0.3) is 0 Å². The van der Waals surface area contributed by atoms with Gasteiger partial charge in [-0.25, -0.2) is 4.79 Å². The van der Waals surface area contributed by atoms with E-state index < -0.39 is 5.97 Å². The molecule has 1 N–H and O–H groups in total. The van der Waals surface area contributed by atoms with E-state index in [1.165, 1.54) is 24.0 Å². The highest BCUT2D eigenvalue weighted by Gasteiger charge is 2.44. The molecule has 1 aromatic heterocycles. The van der Waals surface area contributed by atoms with Crippen molar-refractivity contribution in [1.82, 2.24) is 0 Å². The number of hydrogen-bond acceptors (Lipinski definition) is 4. The third-order valence-electron chi connectivity index (χ3n) is 4.37. The van der Waals surface area contributed by atoms with Crippen molar-refractivity contribution in [3.8, 4) is 0 Å². The number of hydrogen-bond donors (Lipinski definition) is 1. The van der Waals surface area contributed by atoms with Gasteiger partial charge in [-0.05, 0) is 37.3 Å². The zero-order valence-electron chi connectivity index (χ0n) is 13.4. The van der Waals surface area contributed by atoms with Crippen LogP contribution in [0.3, 0.4) is 0 Å². The molecular formula is C18H19NO3S. The average Bonchev–Trinajstić information content (AvgIpc) is 3.31. The summed E-state index contributed by atoms with van der Waals surface area (Å²) in [6, 6.07) is 10.1. The molecule has 2 atom stereocenters. The molecule has 0 radical (unpaired) electrons. The Balaban J connectivity index is 1.75. The lowest BCUT2D eigenvalue weighted by molar-refractivity contribution is -0.117. The number of carbonyl (C=O) groups is 2. The molecular weight excluding hydrogens is 310 g/mol. The predicted molar refractivity (Wildman–Crippen MR) is 91.1 cm³/mol. The maximum Gasteiger partial charge on any atom is 0.341 e. The summed E-state index contributed by atoms with van der Waals surface area (Å²) in [6.07, 6.45) is 0.854. The second-order valence-corrected chi connectivity index (χ2v) is 7.05. The fraction of sp³-hybridized carbons (Fsp3) is 0.333. The lowest BCUT2D eigenvalue weighted by atomic mass is 10.1. The number of esters is 1. The van der Waals surface area contributed by atoms with E-state index in [4.69, 9.17) is 4.74 Å². The summed E-state index contributed by atoms with van der Waals surface area (Å²) >= 11 is 1.42. The van der Waals surface area contributed by atoms with Crippen LogP contribution in [-0.2, 0) is 9.53 Å². The van der Waals surface area contributed by atoms with Gasteiger partial charge >= 0.3 is 5.97 Å². The molecule has 1 fully saturated rings. The van der Waals surface area contributed by atoms with E-state index in [9.17, 15) is 9.59 Å². The van der Waals surface area contributed by atoms with Crippen LogP contribution < -0.4 is 5.32 Å². The maximum absolute atomic E-state index is 12.5. The lowest BCUT2D eigenvalue weighted by Crippen LogP contribution is -2.16. The largest absolute Gasteiger partial charge is 0.465 e. The van der Waals surface area contributed by atoms with Gasteiger partial charge in [0, 0.05) is 10.8 Å². The molecule has 1 aliphatic rings. The van der Waals surface area contributed by atoms with E-state index in [-0.39, 0.29) is 17.7 Å². The summed E-state index contributed by atoms with van der Waals surface area (Å²) in [5.41, 5.74) is 2.53. The topological polar surface area (TPSA) is 55.4 Å². The third-order valence-corrected chi connectivity index (χ3v) is 5.49. The molecule has 5 heteroatoms. The molecule has 23 heavy (non-hydrogen) atoms. The maximum atomic E-state index is 12.5. The zero-order chi connectivity index (χ0) is 16.6. The Morgan fingerprint density at radius 1 is 1.22 bits per heavy atom.